The summed E-state index contributed by atoms with van der Waals surface area (Å²) in [6, 6.07) is 11.8. The van der Waals surface area contributed by atoms with Gasteiger partial charge in [-0.3, -0.25) is 9.59 Å². The van der Waals surface area contributed by atoms with Crippen molar-refractivity contribution in [1.82, 2.24) is 0 Å². The highest BCUT2D eigenvalue weighted by Crippen LogP contribution is 2.26. The molecule has 0 saturated carbocycles. The summed E-state index contributed by atoms with van der Waals surface area (Å²) in [6.07, 6.45) is 2.36. The van der Waals surface area contributed by atoms with Gasteiger partial charge >= 0.3 is 0 Å². The summed E-state index contributed by atoms with van der Waals surface area (Å²) in [5.41, 5.74) is 2.38. The predicted molar refractivity (Wildman–Crippen MR) is 105 cm³/mol. The van der Waals surface area contributed by atoms with E-state index in [9.17, 15) is 14.0 Å². The number of amides is 1. The van der Waals surface area contributed by atoms with E-state index >= 15 is 0 Å². The van der Waals surface area contributed by atoms with Crippen molar-refractivity contribution in [3.05, 3.63) is 57.4 Å². The number of anilines is 2. The lowest BCUT2D eigenvalue weighted by Crippen LogP contribution is -2.38. The summed E-state index contributed by atoms with van der Waals surface area (Å²) in [5.74, 6) is -0.372. The second kappa shape index (κ2) is 7.95. The number of hydrogen-bond acceptors (Lipinski definition) is 3. The van der Waals surface area contributed by atoms with Crippen LogP contribution in [-0.4, -0.2) is 25.3 Å². The van der Waals surface area contributed by atoms with Crippen LogP contribution in [0.5, 0.6) is 0 Å². The molecule has 1 saturated heterocycles. The fourth-order valence-electron chi connectivity index (χ4n) is 2.99. The van der Waals surface area contributed by atoms with Crippen molar-refractivity contribution >= 4 is 46.2 Å². The van der Waals surface area contributed by atoms with Crippen LogP contribution in [0.2, 0.25) is 0 Å². The van der Waals surface area contributed by atoms with Crippen LogP contribution in [-0.2, 0) is 4.79 Å². The lowest BCUT2D eigenvalue weighted by Gasteiger charge is -2.33. The lowest BCUT2D eigenvalue weighted by atomic mass is 9.95. The van der Waals surface area contributed by atoms with Gasteiger partial charge in [-0.2, -0.15) is 0 Å². The SMILES string of the molecule is O=Cc1ccc(N2CCC(C(=O)Nc3ccc(F)cc3I)CC2)cc1. The zero-order valence-electron chi connectivity index (χ0n) is 13.5. The van der Waals surface area contributed by atoms with Gasteiger partial charge < -0.3 is 10.2 Å². The molecule has 130 valence electrons. The zero-order valence-corrected chi connectivity index (χ0v) is 15.7. The minimum Gasteiger partial charge on any atom is -0.371 e. The van der Waals surface area contributed by atoms with Crippen molar-refractivity contribution in [3.63, 3.8) is 0 Å². The monoisotopic (exact) mass is 452 g/mol. The number of carbonyl (C=O) groups excluding carboxylic acids is 2. The fourth-order valence-corrected chi connectivity index (χ4v) is 3.60. The van der Waals surface area contributed by atoms with E-state index in [2.05, 4.69) is 10.2 Å². The molecule has 3 rings (SSSR count). The largest absolute Gasteiger partial charge is 0.371 e. The Labute approximate surface area is 159 Å². The molecular formula is C19H18FIN2O2. The van der Waals surface area contributed by atoms with E-state index in [1.165, 1.54) is 12.1 Å². The fraction of sp³-hybridized carbons (Fsp3) is 0.263. The highest BCUT2D eigenvalue weighted by atomic mass is 127. The summed E-state index contributed by atoms with van der Waals surface area (Å²) in [4.78, 5) is 25.4. The second-order valence-electron chi connectivity index (χ2n) is 6.08. The van der Waals surface area contributed by atoms with Crippen molar-refractivity contribution in [2.45, 2.75) is 12.8 Å². The van der Waals surface area contributed by atoms with Gasteiger partial charge in [0.15, 0.2) is 0 Å². The molecule has 1 amide bonds. The van der Waals surface area contributed by atoms with Crippen LogP contribution in [0.4, 0.5) is 15.8 Å². The Balaban J connectivity index is 1.57. The summed E-state index contributed by atoms with van der Waals surface area (Å²) in [6.45, 7) is 1.58. The van der Waals surface area contributed by atoms with Crippen LogP contribution in [0, 0.1) is 15.3 Å². The molecule has 1 N–H and O–H groups in total. The molecule has 4 nitrogen and oxygen atoms in total. The van der Waals surface area contributed by atoms with Gasteiger partial charge in [0.05, 0.1) is 5.69 Å². The molecule has 2 aromatic carbocycles. The van der Waals surface area contributed by atoms with E-state index in [4.69, 9.17) is 0 Å². The standard InChI is InChI=1S/C19H18FIN2O2/c20-15-3-6-18(17(21)11-15)22-19(25)14-7-9-23(10-8-14)16-4-1-13(12-24)2-5-16/h1-6,11-12,14H,7-10H2,(H,22,25). The van der Waals surface area contributed by atoms with Gasteiger partial charge in [-0.1, -0.05) is 0 Å². The molecule has 6 heteroatoms. The van der Waals surface area contributed by atoms with Crippen LogP contribution < -0.4 is 10.2 Å². The Morgan fingerprint density at radius 2 is 1.84 bits per heavy atom. The van der Waals surface area contributed by atoms with Crippen LogP contribution in [0.3, 0.4) is 0 Å². The van der Waals surface area contributed by atoms with Gasteiger partial charge in [0, 0.05) is 33.8 Å². The number of piperidine rings is 1. The highest BCUT2D eigenvalue weighted by Gasteiger charge is 2.25. The van der Waals surface area contributed by atoms with E-state index in [0.29, 0.717) is 14.8 Å². The molecule has 0 aliphatic carbocycles. The predicted octanol–water partition coefficient (Wildman–Crippen LogP) is 4.10. The van der Waals surface area contributed by atoms with Gasteiger partial charge in [-0.25, -0.2) is 4.39 Å². The van der Waals surface area contributed by atoms with E-state index in [1.54, 1.807) is 18.2 Å². The van der Waals surface area contributed by atoms with Gasteiger partial charge in [0.2, 0.25) is 5.91 Å². The molecular weight excluding hydrogens is 434 g/mol. The number of hydrogen-bond donors (Lipinski definition) is 1. The van der Waals surface area contributed by atoms with Crippen molar-refractivity contribution in [1.29, 1.82) is 0 Å². The quantitative estimate of drug-likeness (QED) is 0.562. The summed E-state index contributed by atoms with van der Waals surface area (Å²) in [7, 11) is 0. The molecule has 0 bridgehead atoms. The first kappa shape index (κ1) is 17.8. The molecule has 2 aromatic rings. The number of halogens is 2. The van der Waals surface area contributed by atoms with Crippen molar-refractivity contribution < 1.29 is 14.0 Å². The number of aldehydes is 1. The number of rotatable bonds is 4. The maximum Gasteiger partial charge on any atom is 0.227 e. The van der Waals surface area contributed by atoms with E-state index in [0.717, 1.165) is 37.9 Å². The normalized spacial score (nSPS) is 15.0. The minimum atomic E-state index is -0.309. The van der Waals surface area contributed by atoms with Crippen molar-refractivity contribution in [2.75, 3.05) is 23.3 Å². The Kier molecular flexibility index (Phi) is 5.67. The maximum atomic E-state index is 13.1. The lowest BCUT2D eigenvalue weighted by molar-refractivity contribution is -0.120. The summed E-state index contributed by atoms with van der Waals surface area (Å²) < 4.78 is 13.8. The average Bonchev–Trinajstić information content (AvgIpc) is 2.64. The first-order valence-electron chi connectivity index (χ1n) is 8.13. The van der Waals surface area contributed by atoms with Crippen molar-refractivity contribution in [3.8, 4) is 0 Å². The molecule has 1 heterocycles. The second-order valence-corrected chi connectivity index (χ2v) is 7.25. The van der Waals surface area contributed by atoms with Gasteiger partial charge in [0.1, 0.15) is 12.1 Å². The van der Waals surface area contributed by atoms with Crippen LogP contribution in [0.25, 0.3) is 0 Å². The molecule has 0 spiro atoms. The Hall–Kier alpha value is -1.96. The minimum absolute atomic E-state index is 0.0134. The Bertz CT molecular complexity index is 771. The van der Waals surface area contributed by atoms with Crippen molar-refractivity contribution in [2.24, 2.45) is 5.92 Å². The summed E-state index contributed by atoms with van der Waals surface area (Å²) >= 11 is 2.02. The van der Waals surface area contributed by atoms with E-state index in [-0.39, 0.29) is 17.6 Å². The number of carbonyl (C=O) groups is 2. The van der Waals surface area contributed by atoms with Crippen LogP contribution in [0.15, 0.2) is 42.5 Å². The zero-order chi connectivity index (χ0) is 17.8. The molecule has 0 aromatic heterocycles. The van der Waals surface area contributed by atoms with Crippen LogP contribution >= 0.6 is 22.6 Å². The third-order valence-electron chi connectivity index (χ3n) is 4.45. The molecule has 0 radical (unpaired) electrons. The smallest absolute Gasteiger partial charge is 0.227 e. The van der Waals surface area contributed by atoms with E-state index < -0.39 is 0 Å². The van der Waals surface area contributed by atoms with Gasteiger partial charge in [-0.15, -0.1) is 0 Å². The van der Waals surface area contributed by atoms with Gasteiger partial charge in [0.25, 0.3) is 0 Å². The molecule has 0 atom stereocenters. The average molecular weight is 452 g/mol. The molecule has 1 aliphatic rings. The first-order chi connectivity index (χ1) is 12.1. The van der Waals surface area contributed by atoms with Gasteiger partial charge in [-0.05, 0) is 77.9 Å². The van der Waals surface area contributed by atoms with E-state index in [1.807, 2.05) is 34.7 Å². The molecule has 25 heavy (non-hydrogen) atoms. The molecule has 0 unspecified atom stereocenters. The number of benzene rings is 2. The Morgan fingerprint density at radius 3 is 2.44 bits per heavy atom. The first-order valence-corrected chi connectivity index (χ1v) is 9.21. The third kappa shape index (κ3) is 4.36. The molecule has 1 fully saturated rings. The number of nitrogens with one attached hydrogen (secondary N) is 1. The topological polar surface area (TPSA) is 49.4 Å². The van der Waals surface area contributed by atoms with Crippen LogP contribution in [0.1, 0.15) is 23.2 Å². The maximum absolute atomic E-state index is 13.1. The summed E-state index contributed by atoms with van der Waals surface area (Å²) in [5, 5.41) is 2.91. The molecule has 1 aliphatic heterocycles. The number of nitrogens with zero attached hydrogens (tertiary/aromatic N) is 1. The third-order valence-corrected chi connectivity index (χ3v) is 5.34. The Morgan fingerprint density at radius 1 is 1.16 bits per heavy atom. The highest BCUT2D eigenvalue weighted by molar-refractivity contribution is 14.1.